The summed E-state index contributed by atoms with van der Waals surface area (Å²) in [6.07, 6.45) is 5.54. The summed E-state index contributed by atoms with van der Waals surface area (Å²) in [6.45, 7) is 4.99. The van der Waals surface area contributed by atoms with Gasteiger partial charge in [0.25, 0.3) is 0 Å². The molecule has 2 heterocycles. The van der Waals surface area contributed by atoms with Crippen molar-refractivity contribution in [3.8, 4) is 10.8 Å². The van der Waals surface area contributed by atoms with Crippen molar-refractivity contribution in [2.75, 3.05) is 13.1 Å². The highest BCUT2D eigenvalue weighted by atomic mass is 32.1. The molecule has 4 nitrogen and oxygen atoms in total. The SMILES string of the molecule is CCN(Cc1csc(-c2ccco2)n1)C1CCCC1CN. The van der Waals surface area contributed by atoms with Crippen LogP contribution in [0.3, 0.4) is 0 Å². The Labute approximate surface area is 130 Å². The number of thiazole rings is 1. The highest BCUT2D eigenvalue weighted by molar-refractivity contribution is 7.13. The Hall–Kier alpha value is -1.17. The summed E-state index contributed by atoms with van der Waals surface area (Å²) in [7, 11) is 0. The minimum Gasteiger partial charge on any atom is -0.462 e. The Kier molecular flexibility index (Phi) is 4.73. The molecule has 2 unspecified atom stereocenters. The lowest BCUT2D eigenvalue weighted by molar-refractivity contribution is 0.160. The second-order valence-electron chi connectivity index (χ2n) is 5.68. The lowest BCUT2D eigenvalue weighted by Gasteiger charge is -2.31. The number of nitrogens with two attached hydrogens (primary N) is 1. The van der Waals surface area contributed by atoms with Gasteiger partial charge in [-0.05, 0) is 44.0 Å². The zero-order chi connectivity index (χ0) is 14.7. The van der Waals surface area contributed by atoms with Gasteiger partial charge in [0.05, 0.1) is 12.0 Å². The number of hydrogen-bond acceptors (Lipinski definition) is 5. The Balaban J connectivity index is 1.69. The second-order valence-corrected chi connectivity index (χ2v) is 6.54. The minimum atomic E-state index is 0.619. The maximum absolute atomic E-state index is 5.93. The van der Waals surface area contributed by atoms with E-state index in [1.807, 2.05) is 12.1 Å². The van der Waals surface area contributed by atoms with Gasteiger partial charge in [0.15, 0.2) is 10.8 Å². The van der Waals surface area contributed by atoms with E-state index in [-0.39, 0.29) is 0 Å². The van der Waals surface area contributed by atoms with Gasteiger partial charge in [0, 0.05) is 18.0 Å². The second kappa shape index (κ2) is 6.73. The molecule has 1 saturated carbocycles. The van der Waals surface area contributed by atoms with Gasteiger partial charge in [-0.1, -0.05) is 13.3 Å². The van der Waals surface area contributed by atoms with Crippen molar-refractivity contribution in [1.82, 2.24) is 9.88 Å². The van der Waals surface area contributed by atoms with Crippen LogP contribution in [0.5, 0.6) is 0 Å². The van der Waals surface area contributed by atoms with Gasteiger partial charge in [0.1, 0.15) is 0 Å². The molecule has 1 aliphatic carbocycles. The van der Waals surface area contributed by atoms with Crippen LogP contribution < -0.4 is 5.73 Å². The molecule has 0 bridgehead atoms. The fraction of sp³-hybridized carbons (Fsp3) is 0.562. The predicted molar refractivity (Wildman–Crippen MR) is 86.1 cm³/mol. The first-order chi connectivity index (χ1) is 10.3. The summed E-state index contributed by atoms with van der Waals surface area (Å²) in [6, 6.07) is 4.48. The van der Waals surface area contributed by atoms with E-state index in [9.17, 15) is 0 Å². The molecule has 0 aliphatic heterocycles. The topological polar surface area (TPSA) is 55.3 Å². The van der Waals surface area contributed by atoms with E-state index in [1.165, 1.54) is 19.3 Å². The molecule has 0 saturated heterocycles. The van der Waals surface area contributed by atoms with E-state index in [0.29, 0.717) is 12.0 Å². The van der Waals surface area contributed by atoms with Gasteiger partial charge in [-0.15, -0.1) is 11.3 Å². The van der Waals surface area contributed by atoms with Gasteiger partial charge in [0.2, 0.25) is 0 Å². The quantitative estimate of drug-likeness (QED) is 0.889. The van der Waals surface area contributed by atoms with Crippen molar-refractivity contribution in [2.45, 2.75) is 38.8 Å². The van der Waals surface area contributed by atoms with Gasteiger partial charge in [-0.3, -0.25) is 4.90 Å². The highest BCUT2D eigenvalue weighted by Gasteiger charge is 2.30. The van der Waals surface area contributed by atoms with Crippen LogP contribution in [0.4, 0.5) is 0 Å². The van der Waals surface area contributed by atoms with Crippen LogP contribution in [-0.2, 0) is 6.54 Å². The average Bonchev–Trinajstić information content (AvgIpc) is 3.23. The molecule has 0 radical (unpaired) electrons. The fourth-order valence-corrected chi connectivity index (χ4v) is 4.11. The molecule has 2 atom stereocenters. The Morgan fingerprint density at radius 2 is 2.38 bits per heavy atom. The first-order valence-corrected chi connectivity index (χ1v) is 8.62. The Morgan fingerprint density at radius 1 is 1.48 bits per heavy atom. The lowest BCUT2D eigenvalue weighted by Crippen LogP contribution is -2.39. The summed E-state index contributed by atoms with van der Waals surface area (Å²) in [4.78, 5) is 7.25. The van der Waals surface area contributed by atoms with Crippen molar-refractivity contribution < 1.29 is 4.42 Å². The molecule has 0 spiro atoms. The van der Waals surface area contributed by atoms with E-state index in [2.05, 4.69) is 17.2 Å². The minimum absolute atomic E-state index is 0.619. The number of rotatable bonds is 6. The molecule has 2 aromatic heterocycles. The first-order valence-electron chi connectivity index (χ1n) is 7.74. The average molecular weight is 305 g/mol. The van der Waals surface area contributed by atoms with Crippen molar-refractivity contribution in [3.63, 3.8) is 0 Å². The Morgan fingerprint density at radius 3 is 3.10 bits per heavy atom. The predicted octanol–water partition coefficient (Wildman–Crippen LogP) is 3.35. The fourth-order valence-electron chi connectivity index (χ4n) is 3.34. The summed E-state index contributed by atoms with van der Waals surface area (Å²) < 4.78 is 5.42. The number of hydrogen-bond donors (Lipinski definition) is 1. The van der Waals surface area contributed by atoms with Crippen LogP contribution in [0.15, 0.2) is 28.2 Å². The van der Waals surface area contributed by atoms with Crippen molar-refractivity contribution in [3.05, 3.63) is 29.5 Å². The lowest BCUT2D eigenvalue weighted by atomic mass is 10.0. The van der Waals surface area contributed by atoms with E-state index in [1.54, 1.807) is 17.6 Å². The van der Waals surface area contributed by atoms with E-state index >= 15 is 0 Å². The normalized spacial score (nSPS) is 22.2. The number of furan rings is 1. The van der Waals surface area contributed by atoms with Crippen LogP contribution in [0.2, 0.25) is 0 Å². The molecule has 114 valence electrons. The van der Waals surface area contributed by atoms with Crippen molar-refractivity contribution >= 4 is 11.3 Å². The van der Waals surface area contributed by atoms with Crippen LogP contribution in [0, 0.1) is 5.92 Å². The molecule has 3 rings (SSSR count). The summed E-state index contributed by atoms with van der Waals surface area (Å²) in [5.74, 6) is 1.50. The maximum Gasteiger partial charge on any atom is 0.162 e. The zero-order valence-corrected chi connectivity index (χ0v) is 13.3. The van der Waals surface area contributed by atoms with Crippen LogP contribution in [-0.4, -0.2) is 29.0 Å². The van der Waals surface area contributed by atoms with E-state index < -0.39 is 0 Å². The third-order valence-electron chi connectivity index (χ3n) is 4.45. The molecule has 2 aromatic rings. The molecule has 21 heavy (non-hydrogen) atoms. The van der Waals surface area contributed by atoms with Gasteiger partial charge < -0.3 is 10.2 Å². The van der Waals surface area contributed by atoms with Crippen molar-refractivity contribution in [2.24, 2.45) is 11.7 Å². The van der Waals surface area contributed by atoms with Crippen LogP contribution >= 0.6 is 11.3 Å². The third-order valence-corrected chi connectivity index (χ3v) is 5.35. The highest BCUT2D eigenvalue weighted by Crippen LogP contribution is 2.31. The molecule has 5 heteroatoms. The number of nitrogens with zero attached hydrogens (tertiary/aromatic N) is 2. The van der Waals surface area contributed by atoms with E-state index in [0.717, 1.165) is 36.1 Å². The van der Waals surface area contributed by atoms with Gasteiger partial charge in [-0.25, -0.2) is 4.98 Å². The first kappa shape index (κ1) is 14.8. The monoisotopic (exact) mass is 305 g/mol. The molecule has 2 N–H and O–H groups in total. The third kappa shape index (κ3) is 3.20. The Bertz CT molecular complexity index is 552. The largest absolute Gasteiger partial charge is 0.462 e. The smallest absolute Gasteiger partial charge is 0.162 e. The standard InChI is InChI=1S/C16H23N3OS/c1-2-19(14-6-3-5-12(14)9-17)10-13-11-21-16(18-13)15-7-4-8-20-15/h4,7-8,11-12,14H,2-3,5-6,9-10,17H2,1H3. The van der Waals surface area contributed by atoms with E-state index in [4.69, 9.17) is 15.1 Å². The van der Waals surface area contributed by atoms with Gasteiger partial charge in [-0.2, -0.15) is 0 Å². The molecular formula is C16H23N3OS. The zero-order valence-electron chi connectivity index (χ0n) is 12.5. The molecular weight excluding hydrogens is 282 g/mol. The summed E-state index contributed by atoms with van der Waals surface area (Å²) >= 11 is 1.65. The molecule has 0 amide bonds. The number of aromatic nitrogens is 1. The van der Waals surface area contributed by atoms with Gasteiger partial charge >= 0.3 is 0 Å². The summed E-state index contributed by atoms with van der Waals surface area (Å²) in [5.41, 5.74) is 7.06. The maximum atomic E-state index is 5.93. The molecule has 1 fully saturated rings. The molecule has 1 aliphatic rings. The van der Waals surface area contributed by atoms with Crippen LogP contribution in [0.1, 0.15) is 31.9 Å². The van der Waals surface area contributed by atoms with Crippen LogP contribution in [0.25, 0.3) is 10.8 Å². The van der Waals surface area contributed by atoms with Crippen molar-refractivity contribution in [1.29, 1.82) is 0 Å². The molecule has 0 aromatic carbocycles. The summed E-state index contributed by atoms with van der Waals surface area (Å²) in [5, 5.41) is 3.11.